The van der Waals surface area contributed by atoms with Crippen LogP contribution in [0, 0.1) is 0 Å². The molecule has 0 fully saturated rings. The third-order valence-electron chi connectivity index (χ3n) is 3.01. The average molecular weight is 339 g/mol. The minimum absolute atomic E-state index is 0.281. The molecule has 0 aliphatic rings. The number of nitrogens with zero attached hydrogens (tertiary/aromatic N) is 2. The van der Waals surface area contributed by atoms with Gasteiger partial charge < -0.3 is 9.47 Å². The van der Waals surface area contributed by atoms with Crippen LogP contribution in [-0.4, -0.2) is 30.0 Å². The summed E-state index contributed by atoms with van der Waals surface area (Å²) in [4.78, 5) is 11.5. The molecule has 5 nitrogen and oxygen atoms in total. The van der Waals surface area contributed by atoms with Crippen molar-refractivity contribution in [2.45, 2.75) is 12.8 Å². The number of benzene rings is 1. The summed E-state index contributed by atoms with van der Waals surface area (Å²) >= 11 is 3.43. The third kappa shape index (κ3) is 3.01. The topological polar surface area (TPSA) is 53.3 Å². The summed E-state index contributed by atoms with van der Waals surface area (Å²) in [6.07, 6.45) is 3.47. The van der Waals surface area contributed by atoms with Crippen molar-refractivity contribution in [2.24, 2.45) is 0 Å². The van der Waals surface area contributed by atoms with Crippen LogP contribution in [0.15, 0.2) is 35.1 Å². The van der Waals surface area contributed by atoms with Crippen molar-refractivity contribution in [2.75, 3.05) is 14.2 Å². The van der Waals surface area contributed by atoms with Gasteiger partial charge in [-0.15, -0.1) is 0 Å². The number of hydrogen-bond acceptors (Lipinski definition) is 4. The zero-order chi connectivity index (χ0) is 14.7. The number of ether oxygens (including phenoxy) is 2. The molecule has 0 N–H and O–H groups in total. The first-order valence-electron chi connectivity index (χ1n) is 6.02. The van der Waals surface area contributed by atoms with Crippen molar-refractivity contribution in [3.05, 3.63) is 40.6 Å². The van der Waals surface area contributed by atoms with Gasteiger partial charge in [0.05, 0.1) is 32.0 Å². The first-order chi connectivity index (χ1) is 9.55. The highest BCUT2D eigenvalue weighted by Gasteiger charge is 2.17. The van der Waals surface area contributed by atoms with Gasteiger partial charge in [-0.25, -0.2) is 4.68 Å². The fraction of sp³-hybridized carbons (Fsp3) is 0.286. The van der Waals surface area contributed by atoms with Crippen molar-refractivity contribution in [3.8, 4) is 11.4 Å². The molecule has 0 spiro atoms. The van der Waals surface area contributed by atoms with Crippen molar-refractivity contribution in [1.29, 1.82) is 0 Å². The van der Waals surface area contributed by atoms with Gasteiger partial charge in [-0.05, 0) is 19.1 Å². The summed E-state index contributed by atoms with van der Waals surface area (Å²) in [6.45, 7) is 1.79. The number of carbonyl (C=O) groups is 1. The smallest absolute Gasteiger partial charge is 0.312 e. The maximum absolute atomic E-state index is 11.5. The number of esters is 1. The van der Waals surface area contributed by atoms with Gasteiger partial charge in [0.25, 0.3) is 0 Å². The van der Waals surface area contributed by atoms with Crippen molar-refractivity contribution in [1.82, 2.24) is 9.78 Å². The number of methoxy groups -OCH3 is 2. The van der Waals surface area contributed by atoms with Gasteiger partial charge in [-0.1, -0.05) is 15.9 Å². The molecule has 6 heteroatoms. The van der Waals surface area contributed by atoms with E-state index >= 15 is 0 Å². The van der Waals surface area contributed by atoms with Gasteiger partial charge in [0, 0.05) is 22.3 Å². The Morgan fingerprint density at radius 2 is 2.10 bits per heavy atom. The molecule has 1 heterocycles. The Kier molecular flexibility index (Phi) is 4.44. The molecule has 1 aromatic carbocycles. The van der Waals surface area contributed by atoms with Gasteiger partial charge in [0.15, 0.2) is 0 Å². The van der Waals surface area contributed by atoms with Gasteiger partial charge in [-0.2, -0.15) is 5.10 Å². The summed E-state index contributed by atoms with van der Waals surface area (Å²) in [5, 5.41) is 4.27. The third-order valence-corrected chi connectivity index (χ3v) is 3.47. The maximum Gasteiger partial charge on any atom is 0.312 e. The molecular weight excluding hydrogens is 324 g/mol. The average Bonchev–Trinajstić information content (AvgIpc) is 2.94. The lowest BCUT2D eigenvalue weighted by Gasteiger charge is -2.07. The van der Waals surface area contributed by atoms with E-state index in [9.17, 15) is 4.79 Å². The minimum Gasteiger partial charge on any atom is -0.497 e. The summed E-state index contributed by atoms with van der Waals surface area (Å²) in [5.41, 5.74) is 1.65. The Bertz CT molecular complexity index is 625. The molecule has 0 radical (unpaired) electrons. The fourth-order valence-corrected chi connectivity index (χ4v) is 2.27. The first-order valence-corrected chi connectivity index (χ1v) is 6.81. The van der Waals surface area contributed by atoms with Gasteiger partial charge in [-0.3, -0.25) is 4.79 Å². The largest absolute Gasteiger partial charge is 0.497 e. The van der Waals surface area contributed by atoms with E-state index in [-0.39, 0.29) is 11.9 Å². The van der Waals surface area contributed by atoms with E-state index in [1.165, 1.54) is 7.11 Å². The van der Waals surface area contributed by atoms with Crippen molar-refractivity contribution < 1.29 is 14.3 Å². The van der Waals surface area contributed by atoms with E-state index < -0.39 is 0 Å². The zero-order valence-electron chi connectivity index (χ0n) is 11.5. The second-order valence-electron chi connectivity index (χ2n) is 4.31. The van der Waals surface area contributed by atoms with E-state index in [1.807, 2.05) is 24.4 Å². The van der Waals surface area contributed by atoms with E-state index in [0.29, 0.717) is 0 Å². The number of aromatic nitrogens is 2. The predicted octanol–water partition coefficient (Wildman–Crippen LogP) is 2.92. The number of rotatable bonds is 4. The molecule has 0 bridgehead atoms. The van der Waals surface area contributed by atoms with E-state index in [0.717, 1.165) is 21.5 Å². The molecule has 1 aromatic heterocycles. The molecule has 1 atom stereocenters. The molecule has 0 saturated heterocycles. The normalized spacial score (nSPS) is 12.0. The fourth-order valence-electron chi connectivity index (χ4n) is 1.81. The van der Waals surface area contributed by atoms with Crippen molar-refractivity contribution in [3.63, 3.8) is 0 Å². The Hall–Kier alpha value is -1.82. The molecule has 1 unspecified atom stereocenters. The lowest BCUT2D eigenvalue weighted by atomic mass is 10.1. The van der Waals surface area contributed by atoms with Crippen LogP contribution < -0.4 is 4.74 Å². The highest BCUT2D eigenvalue weighted by atomic mass is 79.9. The van der Waals surface area contributed by atoms with Crippen LogP contribution in [-0.2, 0) is 9.53 Å². The van der Waals surface area contributed by atoms with Crippen LogP contribution in [0.1, 0.15) is 18.4 Å². The van der Waals surface area contributed by atoms with Crippen LogP contribution in [0.25, 0.3) is 5.69 Å². The minimum atomic E-state index is -0.345. The molecule has 106 valence electrons. The van der Waals surface area contributed by atoms with Gasteiger partial charge in [0.2, 0.25) is 0 Å². The first kappa shape index (κ1) is 14.6. The molecule has 2 rings (SSSR count). The quantitative estimate of drug-likeness (QED) is 0.804. The molecular formula is C14H15BrN2O3. The van der Waals surface area contributed by atoms with Crippen LogP contribution in [0.4, 0.5) is 0 Å². The lowest BCUT2D eigenvalue weighted by Crippen LogP contribution is -2.10. The number of halogens is 1. The maximum atomic E-state index is 11.5. The predicted molar refractivity (Wildman–Crippen MR) is 78.2 cm³/mol. The van der Waals surface area contributed by atoms with E-state index in [2.05, 4.69) is 21.0 Å². The molecule has 0 saturated carbocycles. The summed E-state index contributed by atoms with van der Waals surface area (Å²) in [7, 11) is 2.99. The Labute approximate surface area is 125 Å². The summed E-state index contributed by atoms with van der Waals surface area (Å²) < 4.78 is 12.5. The monoisotopic (exact) mass is 338 g/mol. The summed E-state index contributed by atoms with van der Waals surface area (Å²) in [6, 6.07) is 5.65. The Morgan fingerprint density at radius 3 is 2.75 bits per heavy atom. The summed E-state index contributed by atoms with van der Waals surface area (Å²) in [5.74, 6) is 0.103. The molecule has 0 amide bonds. The van der Waals surface area contributed by atoms with Gasteiger partial charge in [0.1, 0.15) is 5.75 Å². The Balaban J connectivity index is 2.33. The second kappa shape index (κ2) is 6.09. The highest BCUT2D eigenvalue weighted by Crippen LogP contribution is 2.24. The zero-order valence-corrected chi connectivity index (χ0v) is 13.0. The SMILES string of the molecule is COC(=O)C(C)c1cnn(-c2cc(Br)cc(OC)c2)c1. The second-order valence-corrected chi connectivity index (χ2v) is 5.23. The molecule has 2 aromatic rings. The number of hydrogen-bond donors (Lipinski definition) is 0. The number of carbonyl (C=O) groups excluding carboxylic acids is 1. The lowest BCUT2D eigenvalue weighted by molar-refractivity contribution is -0.141. The molecule has 0 aliphatic heterocycles. The van der Waals surface area contributed by atoms with Crippen LogP contribution in [0.5, 0.6) is 5.75 Å². The highest BCUT2D eigenvalue weighted by molar-refractivity contribution is 9.10. The molecule has 20 heavy (non-hydrogen) atoms. The van der Waals surface area contributed by atoms with Crippen LogP contribution in [0.3, 0.4) is 0 Å². The Morgan fingerprint density at radius 1 is 1.35 bits per heavy atom. The standard InChI is InChI=1S/C14H15BrN2O3/c1-9(14(18)20-3)10-7-16-17(8-10)12-4-11(15)5-13(6-12)19-2/h4-9H,1-3H3. The van der Waals surface area contributed by atoms with Gasteiger partial charge >= 0.3 is 5.97 Å². The van der Waals surface area contributed by atoms with E-state index in [4.69, 9.17) is 9.47 Å². The van der Waals surface area contributed by atoms with E-state index in [1.54, 1.807) is 24.9 Å². The van der Waals surface area contributed by atoms with Crippen LogP contribution in [0.2, 0.25) is 0 Å². The van der Waals surface area contributed by atoms with Crippen LogP contribution >= 0.6 is 15.9 Å². The van der Waals surface area contributed by atoms with Crippen molar-refractivity contribution >= 4 is 21.9 Å². The molecule has 0 aliphatic carbocycles.